The maximum Gasteiger partial charge on any atom is 0.234 e. The van der Waals surface area contributed by atoms with Crippen LogP contribution >= 0.6 is 11.3 Å². The zero-order valence-electron chi connectivity index (χ0n) is 22.8. The Morgan fingerprint density at radius 1 is 1.20 bits per heavy atom. The molecule has 3 aromatic rings. The first-order valence-electron chi connectivity index (χ1n) is 13.6. The predicted octanol–water partition coefficient (Wildman–Crippen LogP) is 3.67. The zero-order valence-corrected chi connectivity index (χ0v) is 23.6. The Kier molecular flexibility index (Phi) is 9.26. The van der Waals surface area contributed by atoms with Crippen molar-refractivity contribution in [2.24, 2.45) is 17.8 Å². The second-order valence-electron chi connectivity index (χ2n) is 10.4. The minimum absolute atomic E-state index is 0.192. The van der Waals surface area contributed by atoms with Crippen LogP contribution in [-0.4, -0.2) is 63.4 Å². The van der Waals surface area contributed by atoms with Crippen molar-refractivity contribution < 1.29 is 34.1 Å². The molecule has 2 aliphatic rings. The Bertz CT molecular complexity index is 1410. The summed E-state index contributed by atoms with van der Waals surface area (Å²) in [6, 6.07) is 12.8. The molecule has 0 radical (unpaired) electrons. The molecule has 9 nitrogen and oxygen atoms in total. The second kappa shape index (κ2) is 13.1. The third kappa shape index (κ3) is 6.12. The number of aliphatic hydroxyl groups is 3. The number of carbonyl (C=O) groups is 2. The van der Waals surface area contributed by atoms with E-state index in [0.717, 1.165) is 21.7 Å². The minimum atomic E-state index is -0.982. The van der Waals surface area contributed by atoms with E-state index in [2.05, 4.69) is 4.98 Å². The molecule has 5 rings (SSSR count). The largest absolute Gasteiger partial charge is 0.459 e. The molecule has 0 saturated carbocycles. The zero-order chi connectivity index (χ0) is 28.9. The normalized spacial score (nSPS) is 22.0. The molecule has 10 heteroatoms. The molecular formula is C31H34N2O7S. The summed E-state index contributed by atoms with van der Waals surface area (Å²) < 4.78 is 11.1. The average Bonchev–Trinajstić information content (AvgIpc) is 3.73. The topological polar surface area (TPSA) is 133 Å². The molecule has 3 N–H and O–H groups in total. The first kappa shape index (κ1) is 29.1. The van der Waals surface area contributed by atoms with Crippen LogP contribution in [0.4, 0.5) is 0 Å². The van der Waals surface area contributed by atoms with Crippen LogP contribution < -0.4 is 0 Å². The van der Waals surface area contributed by atoms with Crippen molar-refractivity contribution in [1.29, 1.82) is 0 Å². The summed E-state index contributed by atoms with van der Waals surface area (Å²) in [6.07, 6.45) is 3.54. The summed E-state index contributed by atoms with van der Waals surface area (Å²) in [5.41, 5.74) is 2.87. The van der Waals surface area contributed by atoms with E-state index in [4.69, 9.17) is 9.15 Å². The SMILES string of the molecule is COCC1=C([C@H](O)CC/C(=C/c2ccc(CO)o2)c2ccccn2)[C@H](CO)[C@@H]2C(=O)N(Cc3cccs3)C(=O)[C@@H]2C1. The molecule has 0 unspecified atom stereocenters. The van der Waals surface area contributed by atoms with Gasteiger partial charge in [-0.3, -0.25) is 19.5 Å². The minimum Gasteiger partial charge on any atom is -0.459 e. The highest BCUT2D eigenvalue weighted by Gasteiger charge is 2.54. The van der Waals surface area contributed by atoms with Gasteiger partial charge in [0.15, 0.2) is 0 Å². The van der Waals surface area contributed by atoms with Crippen molar-refractivity contribution in [1.82, 2.24) is 9.88 Å². The van der Waals surface area contributed by atoms with E-state index in [1.165, 1.54) is 16.2 Å². The number of methoxy groups -OCH3 is 1. The molecule has 4 atom stereocenters. The van der Waals surface area contributed by atoms with Crippen LogP contribution in [0.15, 0.2) is 69.6 Å². The van der Waals surface area contributed by atoms with E-state index in [1.807, 2.05) is 41.8 Å². The number of amides is 2. The van der Waals surface area contributed by atoms with Gasteiger partial charge in [-0.1, -0.05) is 12.1 Å². The van der Waals surface area contributed by atoms with Gasteiger partial charge in [0.05, 0.1) is 43.4 Å². The Balaban J connectivity index is 1.41. The van der Waals surface area contributed by atoms with E-state index in [0.29, 0.717) is 29.9 Å². The molecule has 41 heavy (non-hydrogen) atoms. The Morgan fingerprint density at radius 3 is 2.71 bits per heavy atom. The molecule has 3 aromatic heterocycles. The first-order valence-corrected chi connectivity index (χ1v) is 14.5. The number of pyridine rings is 1. The summed E-state index contributed by atoms with van der Waals surface area (Å²) in [5, 5.41) is 33.4. The van der Waals surface area contributed by atoms with E-state index in [-0.39, 0.29) is 44.6 Å². The van der Waals surface area contributed by atoms with Crippen LogP contribution in [0.25, 0.3) is 11.6 Å². The molecule has 1 aliphatic heterocycles. The lowest BCUT2D eigenvalue weighted by Crippen LogP contribution is -2.39. The van der Waals surface area contributed by atoms with Gasteiger partial charge in [-0.15, -0.1) is 11.3 Å². The van der Waals surface area contributed by atoms with Crippen LogP contribution in [0, 0.1) is 17.8 Å². The molecule has 1 fully saturated rings. The number of likely N-dealkylation sites (tertiary alicyclic amines) is 1. The highest BCUT2D eigenvalue weighted by Crippen LogP contribution is 2.47. The van der Waals surface area contributed by atoms with Crippen molar-refractivity contribution in [3.8, 4) is 0 Å². The Hall–Kier alpha value is -3.41. The highest BCUT2D eigenvalue weighted by atomic mass is 32.1. The predicted molar refractivity (Wildman–Crippen MR) is 153 cm³/mol. The Morgan fingerprint density at radius 2 is 2.05 bits per heavy atom. The van der Waals surface area contributed by atoms with Gasteiger partial charge in [0.25, 0.3) is 0 Å². The molecule has 0 spiro atoms. The number of carbonyl (C=O) groups excluding carboxylic acids is 2. The van der Waals surface area contributed by atoms with E-state index < -0.39 is 23.9 Å². The quantitative estimate of drug-likeness (QED) is 0.219. The molecule has 1 saturated heterocycles. The summed E-state index contributed by atoms with van der Waals surface area (Å²) in [6.45, 7) is -0.177. The summed E-state index contributed by atoms with van der Waals surface area (Å²) in [5.74, 6) is -1.57. The van der Waals surface area contributed by atoms with Gasteiger partial charge < -0.3 is 24.5 Å². The fourth-order valence-electron chi connectivity index (χ4n) is 6.05. The van der Waals surface area contributed by atoms with Gasteiger partial charge >= 0.3 is 0 Å². The van der Waals surface area contributed by atoms with Gasteiger partial charge in [0.2, 0.25) is 11.8 Å². The number of allylic oxidation sites excluding steroid dienone is 1. The number of ether oxygens (including phenoxy) is 1. The lowest BCUT2D eigenvalue weighted by atomic mass is 9.68. The van der Waals surface area contributed by atoms with Gasteiger partial charge in [-0.05, 0) is 77.8 Å². The number of nitrogens with zero attached hydrogens (tertiary/aromatic N) is 2. The maximum absolute atomic E-state index is 13.6. The number of fused-ring (bicyclic) bond motifs is 1. The highest BCUT2D eigenvalue weighted by molar-refractivity contribution is 7.09. The van der Waals surface area contributed by atoms with E-state index in [9.17, 15) is 24.9 Å². The molecule has 216 valence electrons. The number of aliphatic hydroxyl groups excluding tert-OH is 3. The van der Waals surface area contributed by atoms with Crippen LogP contribution in [-0.2, 0) is 27.5 Å². The molecular weight excluding hydrogens is 544 g/mol. The van der Waals surface area contributed by atoms with Crippen molar-refractivity contribution in [2.45, 2.75) is 38.5 Å². The standard InChI is InChI=1S/C31H34N2O7S/c1-39-18-20-14-24-29(31(38)33(30(24)37)15-23-5-4-12-41-23)25(17-35)28(20)27(36)10-7-19(26-6-2-3-11-32-26)13-21-8-9-22(16-34)40-21/h2-6,8-9,11-13,24-25,27,29,34-36H,7,10,14-18H2,1H3/b19-13-/t24-,25+,27-,29-/m1/s1. The summed E-state index contributed by atoms with van der Waals surface area (Å²) in [7, 11) is 1.55. The molecule has 0 bridgehead atoms. The van der Waals surface area contributed by atoms with Crippen molar-refractivity contribution in [3.63, 3.8) is 0 Å². The number of imide groups is 1. The van der Waals surface area contributed by atoms with Gasteiger partial charge in [-0.25, -0.2) is 0 Å². The molecule has 4 heterocycles. The molecule has 2 amide bonds. The van der Waals surface area contributed by atoms with E-state index in [1.54, 1.807) is 25.4 Å². The third-order valence-corrected chi connectivity index (χ3v) is 8.74. The molecule has 1 aliphatic carbocycles. The van der Waals surface area contributed by atoms with Gasteiger partial charge in [0, 0.05) is 24.1 Å². The Labute approximate surface area is 242 Å². The maximum atomic E-state index is 13.6. The first-order chi connectivity index (χ1) is 19.9. The fraction of sp³-hybridized carbons (Fsp3) is 0.387. The van der Waals surface area contributed by atoms with Gasteiger partial charge in [-0.2, -0.15) is 0 Å². The summed E-state index contributed by atoms with van der Waals surface area (Å²) >= 11 is 1.48. The number of furan rings is 1. The number of hydrogen-bond donors (Lipinski definition) is 3. The number of aromatic nitrogens is 1. The lowest BCUT2D eigenvalue weighted by molar-refractivity contribution is -0.140. The third-order valence-electron chi connectivity index (χ3n) is 7.88. The molecule has 0 aromatic carbocycles. The monoisotopic (exact) mass is 578 g/mol. The van der Waals surface area contributed by atoms with Crippen LogP contribution in [0.5, 0.6) is 0 Å². The second-order valence-corrected chi connectivity index (χ2v) is 11.4. The van der Waals surface area contributed by atoms with E-state index >= 15 is 0 Å². The van der Waals surface area contributed by atoms with Crippen molar-refractivity contribution in [3.05, 3.63) is 87.3 Å². The fourth-order valence-corrected chi connectivity index (χ4v) is 6.74. The van der Waals surface area contributed by atoms with Gasteiger partial charge in [0.1, 0.15) is 18.1 Å². The van der Waals surface area contributed by atoms with Crippen molar-refractivity contribution >= 4 is 34.8 Å². The number of hydrogen-bond acceptors (Lipinski definition) is 9. The smallest absolute Gasteiger partial charge is 0.234 e. The average molecular weight is 579 g/mol. The number of thiophene rings is 1. The number of rotatable bonds is 12. The lowest BCUT2D eigenvalue weighted by Gasteiger charge is -2.36. The van der Waals surface area contributed by atoms with Crippen LogP contribution in [0.1, 0.15) is 41.4 Å². The van der Waals surface area contributed by atoms with Crippen LogP contribution in [0.3, 0.4) is 0 Å². The summed E-state index contributed by atoms with van der Waals surface area (Å²) in [4.78, 5) is 33.7. The van der Waals surface area contributed by atoms with Crippen molar-refractivity contribution in [2.75, 3.05) is 20.3 Å². The van der Waals surface area contributed by atoms with Crippen LogP contribution in [0.2, 0.25) is 0 Å².